The van der Waals surface area contributed by atoms with E-state index in [2.05, 4.69) is 10.2 Å². The van der Waals surface area contributed by atoms with E-state index in [0.717, 1.165) is 5.56 Å². The van der Waals surface area contributed by atoms with Crippen molar-refractivity contribution in [2.24, 2.45) is 5.73 Å². The number of aromatic nitrogens is 3. The predicted octanol–water partition coefficient (Wildman–Crippen LogP) is 2.84. The van der Waals surface area contributed by atoms with Gasteiger partial charge < -0.3 is 15.4 Å². The molecule has 4 aromatic rings. The van der Waals surface area contributed by atoms with Crippen LogP contribution in [0.3, 0.4) is 0 Å². The van der Waals surface area contributed by atoms with E-state index in [0.29, 0.717) is 22.3 Å². The van der Waals surface area contributed by atoms with Gasteiger partial charge in [0.2, 0.25) is 5.43 Å². The highest BCUT2D eigenvalue weighted by Gasteiger charge is 2.16. The highest BCUT2D eigenvalue weighted by atomic mass is 35.5. The third-order valence-electron chi connectivity index (χ3n) is 4.26. The molecule has 1 amide bonds. The van der Waals surface area contributed by atoms with Crippen molar-refractivity contribution in [3.05, 3.63) is 75.7 Å². The Hall–Kier alpha value is -3.58. The zero-order valence-electron chi connectivity index (χ0n) is 13.8. The van der Waals surface area contributed by atoms with E-state index in [1.807, 2.05) is 0 Å². The third-order valence-corrected chi connectivity index (χ3v) is 4.56. The van der Waals surface area contributed by atoms with Gasteiger partial charge in [0, 0.05) is 29.4 Å². The van der Waals surface area contributed by atoms with Gasteiger partial charge in [-0.15, -0.1) is 0 Å². The van der Waals surface area contributed by atoms with Gasteiger partial charge >= 0.3 is 0 Å². The SMILES string of the molecule is NC(=O)c1cn(-c2ccc(O)cc2Cl)c2cc(-c3cc[nH]n3)ccc2c1=O. The fourth-order valence-electron chi connectivity index (χ4n) is 2.97. The van der Waals surface area contributed by atoms with Crippen molar-refractivity contribution in [1.82, 2.24) is 14.8 Å². The smallest absolute Gasteiger partial charge is 0.254 e. The first-order valence-corrected chi connectivity index (χ1v) is 8.32. The zero-order valence-corrected chi connectivity index (χ0v) is 14.6. The molecular formula is C19H13ClN4O3. The van der Waals surface area contributed by atoms with Crippen LogP contribution in [0.5, 0.6) is 5.75 Å². The summed E-state index contributed by atoms with van der Waals surface area (Å²) in [7, 11) is 0. The molecule has 4 rings (SSSR count). The molecule has 0 radical (unpaired) electrons. The number of benzene rings is 2. The van der Waals surface area contributed by atoms with Crippen LogP contribution in [0.15, 0.2) is 59.7 Å². The van der Waals surface area contributed by atoms with Crippen molar-refractivity contribution in [2.45, 2.75) is 0 Å². The lowest BCUT2D eigenvalue weighted by Crippen LogP contribution is -2.24. The summed E-state index contributed by atoms with van der Waals surface area (Å²) < 4.78 is 1.61. The summed E-state index contributed by atoms with van der Waals surface area (Å²) in [6, 6.07) is 11.4. The molecule has 0 saturated heterocycles. The quantitative estimate of drug-likeness (QED) is 0.507. The minimum Gasteiger partial charge on any atom is -0.508 e. The number of carbonyl (C=O) groups excluding carboxylic acids is 1. The van der Waals surface area contributed by atoms with E-state index >= 15 is 0 Å². The molecule has 0 aliphatic rings. The van der Waals surface area contributed by atoms with E-state index in [1.165, 1.54) is 18.3 Å². The summed E-state index contributed by atoms with van der Waals surface area (Å²) in [5.41, 5.74) is 7.26. The van der Waals surface area contributed by atoms with Crippen LogP contribution in [0, 0.1) is 0 Å². The summed E-state index contributed by atoms with van der Waals surface area (Å²) in [5.74, 6) is -0.830. The third kappa shape index (κ3) is 2.84. The Morgan fingerprint density at radius 3 is 2.67 bits per heavy atom. The van der Waals surface area contributed by atoms with E-state index in [4.69, 9.17) is 17.3 Å². The fourth-order valence-corrected chi connectivity index (χ4v) is 3.24. The Morgan fingerprint density at radius 1 is 1.19 bits per heavy atom. The molecule has 0 spiro atoms. The minimum atomic E-state index is -0.832. The predicted molar refractivity (Wildman–Crippen MR) is 102 cm³/mol. The summed E-state index contributed by atoms with van der Waals surface area (Å²) in [4.78, 5) is 24.4. The molecule has 0 unspecified atom stereocenters. The minimum absolute atomic E-state index is 0.00133. The lowest BCUT2D eigenvalue weighted by molar-refractivity contribution is 0.0999. The number of aromatic hydroxyl groups is 1. The average molecular weight is 381 g/mol. The van der Waals surface area contributed by atoms with Gasteiger partial charge in [-0.1, -0.05) is 17.7 Å². The Bertz CT molecular complexity index is 1250. The first kappa shape index (κ1) is 16.9. The van der Waals surface area contributed by atoms with Gasteiger partial charge in [0.05, 0.1) is 21.9 Å². The van der Waals surface area contributed by atoms with Crippen LogP contribution in [-0.4, -0.2) is 25.8 Å². The molecular weight excluding hydrogens is 368 g/mol. The molecule has 0 bridgehead atoms. The lowest BCUT2D eigenvalue weighted by atomic mass is 10.1. The Balaban J connectivity index is 2.10. The topological polar surface area (TPSA) is 114 Å². The Kier molecular flexibility index (Phi) is 3.93. The van der Waals surface area contributed by atoms with Crippen molar-refractivity contribution in [3.63, 3.8) is 0 Å². The highest BCUT2D eigenvalue weighted by molar-refractivity contribution is 6.32. The van der Waals surface area contributed by atoms with Gasteiger partial charge in [0.25, 0.3) is 5.91 Å². The molecule has 0 saturated carbocycles. The molecule has 134 valence electrons. The number of primary amides is 1. The number of hydrogen-bond acceptors (Lipinski definition) is 4. The molecule has 0 aliphatic carbocycles. The van der Waals surface area contributed by atoms with Crippen molar-refractivity contribution in [1.29, 1.82) is 0 Å². The second-order valence-electron chi connectivity index (χ2n) is 5.93. The number of hydrogen-bond donors (Lipinski definition) is 3. The number of phenolic OH excluding ortho intramolecular Hbond substituents is 1. The number of nitrogens with zero attached hydrogens (tertiary/aromatic N) is 2. The second-order valence-corrected chi connectivity index (χ2v) is 6.34. The maximum atomic E-state index is 12.7. The standard InChI is InChI=1S/C19H13ClN4O3/c20-14-8-11(25)2-4-16(14)24-9-13(19(21)27)18(26)12-3-1-10(7-17(12)24)15-5-6-22-23-15/h1-9,25H,(H2,21,27)(H,22,23). The molecule has 2 aromatic carbocycles. The van der Waals surface area contributed by atoms with Crippen molar-refractivity contribution < 1.29 is 9.90 Å². The summed E-state index contributed by atoms with van der Waals surface area (Å²) in [6.45, 7) is 0. The van der Waals surface area contributed by atoms with Crippen LogP contribution >= 0.6 is 11.6 Å². The van der Waals surface area contributed by atoms with Gasteiger partial charge in [0.15, 0.2) is 0 Å². The number of amides is 1. The number of phenols is 1. The number of halogens is 1. The van der Waals surface area contributed by atoms with E-state index < -0.39 is 11.3 Å². The number of nitrogens with one attached hydrogen (secondary N) is 1. The summed E-state index contributed by atoms with van der Waals surface area (Å²) >= 11 is 6.28. The van der Waals surface area contributed by atoms with Crippen LogP contribution in [0.1, 0.15) is 10.4 Å². The van der Waals surface area contributed by atoms with Gasteiger partial charge in [-0.25, -0.2) is 0 Å². The Labute approximate surface area is 157 Å². The van der Waals surface area contributed by atoms with Crippen LogP contribution < -0.4 is 11.2 Å². The monoisotopic (exact) mass is 380 g/mol. The number of H-pyrrole nitrogens is 1. The summed E-state index contributed by atoms with van der Waals surface area (Å²) in [5, 5.41) is 17.1. The largest absolute Gasteiger partial charge is 0.508 e. The fraction of sp³-hybridized carbons (Fsp3) is 0. The molecule has 0 aliphatic heterocycles. The molecule has 4 N–H and O–H groups in total. The van der Waals surface area contributed by atoms with E-state index in [-0.39, 0.29) is 16.3 Å². The molecule has 2 heterocycles. The second kappa shape index (κ2) is 6.30. The normalized spacial score (nSPS) is 11.0. The van der Waals surface area contributed by atoms with Crippen LogP contribution in [-0.2, 0) is 0 Å². The first-order chi connectivity index (χ1) is 13.0. The number of rotatable bonds is 3. The van der Waals surface area contributed by atoms with E-state index in [1.54, 1.807) is 41.1 Å². The first-order valence-electron chi connectivity index (χ1n) is 7.94. The van der Waals surface area contributed by atoms with Gasteiger partial charge in [-0.2, -0.15) is 5.10 Å². The van der Waals surface area contributed by atoms with Gasteiger partial charge in [-0.3, -0.25) is 14.7 Å². The molecule has 2 aromatic heterocycles. The molecule has 8 heteroatoms. The summed E-state index contributed by atoms with van der Waals surface area (Å²) in [6.07, 6.45) is 3.05. The lowest BCUT2D eigenvalue weighted by Gasteiger charge is -2.15. The number of carbonyl (C=O) groups is 1. The zero-order chi connectivity index (χ0) is 19.1. The average Bonchev–Trinajstić information content (AvgIpc) is 3.17. The molecule has 27 heavy (non-hydrogen) atoms. The number of nitrogens with two attached hydrogens (primary N) is 1. The van der Waals surface area contributed by atoms with Crippen molar-refractivity contribution >= 4 is 28.4 Å². The van der Waals surface area contributed by atoms with Crippen LogP contribution in [0.25, 0.3) is 27.8 Å². The van der Waals surface area contributed by atoms with E-state index in [9.17, 15) is 14.7 Å². The molecule has 7 nitrogen and oxygen atoms in total. The number of fused-ring (bicyclic) bond motifs is 1. The number of aromatic amines is 1. The van der Waals surface area contributed by atoms with Crippen molar-refractivity contribution in [3.8, 4) is 22.7 Å². The molecule has 0 atom stereocenters. The van der Waals surface area contributed by atoms with Gasteiger partial charge in [0.1, 0.15) is 11.3 Å². The number of pyridine rings is 1. The maximum Gasteiger partial charge on any atom is 0.254 e. The molecule has 0 fully saturated rings. The van der Waals surface area contributed by atoms with Gasteiger partial charge in [-0.05, 0) is 30.3 Å². The van der Waals surface area contributed by atoms with Crippen LogP contribution in [0.2, 0.25) is 5.02 Å². The maximum absolute atomic E-state index is 12.7. The van der Waals surface area contributed by atoms with Crippen LogP contribution in [0.4, 0.5) is 0 Å². The Morgan fingerprint density at radius 2 is 2.00 bits per heavy atom. The van der Waals surface area contributed by atoms with Crippen molar-refractivity contribution in [2.75, 3.05) is 0 Å². The highest BCUT2D eigenvalue weighted by Crippen LogP contribution is 2.29.